The predicted octanol–water partition coefficient (Wildman–Crippen LogP) is 6.01. The highest BCUT2D eigenvalue weighted by Crippen LogP contribution is 2.13. The molecule has 0 bridgehead atoms. The second-order valence-electron chi connectivity index (χ2n) is 6.86. The van der Waals surface area contributed by atoms with Crippen molar-refractivity contribution < 1.29 is 4.74 Å². The van der Waals surface area contributed by atoms with Gasteiger partial charge in [-0.2, -0.15) is 4.98 Å². The van der Waals surface area contributed by atoms with E-state index in [0.29, 0.717) is 5.88 Å². The third kappa shape index (κ3) is 6.08. The lowest BCUT2D eigenvalue weighted by Gasteiger charge is -2.04. The van der Waals surface area contributed by atoms with E-state index in [1.807, 2.05) is 72.0 Å². The molecule has 4 rings (SSSR count). The van der Waals surface area contributed by atoms with Crippen molar-refractivity contribution >= 4 is 0 Å². The highest BCUT2D eigenvalue weighted by Gasteiger charge is 2.00. The van der Waals surface area contributed by atoms with Crippen molar-refractivity contribution in [2.75, 3.05) is 7.11 Å². The molecule has 4 aromatic heterocycles. The Hall–Kier alpha value is -3.34. The van der Waals surface area contributed by atoms with Crippen molar-refractivity contribution in [2.24, 2.45) is 0 Å². The van der Waals surface area contributed by atoms with Gasteiger partial charge >= 0.3 is 0 Å². The van der Waals surface area contributed by atoms with Gasteiger partial charge in [0.15, 0.2) is 0 Å². The zero-order chi connectivity index (χ0) is 22.1. The zero-order valence-electron chi connectivity index (χ0n) is 19.0. The molecule has 4 aromatic rings. The van der Waals surface area contributed by atoms with Crippen LogP contribution in [0.1, 0.15) is 36.1 Å². The molecule has 0 saturated heterocycles. The summed E-state index contributed by atoms with van der Waals surface area (Å²) in [5, 5.41) is 0. The second kappa shape index (κ2) is 11.0. The number of aromatic nitrogens is 4. The molecule has 0 fully saturated rings. The van der Waals surface area contributed by atoms with Crippen LogP contribution in [0.5, 0.6) is 5.88 Å². The molecule has 5 heteroatoms. The van der Waals surface area contributed by atoms with Gasteiger partial charge in [0.05, 0.1) is 7.11 Å². The monoisotopic (exact) mass is 404 g/mol. The first-order valence-corrected chi connectivity index (χ1v) is 10.2. The van der Waals surface area contributed by atoms with Crippen molar-refractivity contribution in [3.63, 3.8) is 0 Å². The molecule has 0 aliphatic heterocycles. The number of hydrogen-bond donors (Lipinski definition) is 0. The average Bonchev–Trinajstić information content (AvgIpc) is 3.40. The van der Waals surface area contributed by atoms with E-state index in [4.69, 9.17) is 4.74 Å². The lowest BCUT2D eigenvalue weighted by molar-refractivity contribution is 0.397. The Morgan fingerprint density at radius 2 is 1.37 bits per heavy atom. The highest BCUT2D eigenvalue weighted by molar-refractivity contribution is 5.33. The van der Waals surface area contributed by atoms with Crippen molar-refractivity contribution in [2.45, 2.75) is 41.5 Å². The predicted molar refractivity (Wildman–Crippen MR) is 124 cm³/mol. The first-order chi connectivity index (χ1) is 14.5. The van der Waals surface area contributed by atoms with Crippen LogP contribution in [0.15, 0.2) is 67.4 Å². The molecule has 0 atom stereocenters. The smallest absolute Gasteiger partial charge is 0.214 e. The maximum absolute atomic E-state index is 5.06. The lowest BCUT2D eigenvalue weighted by atomic mass is 10.2. The van der Waals surface area contributed by atoms with Crippen LogP contribution in [0.25, 0.3) is 11.6 Å². The topological polar surface area (TPSA) is 44.9 Å². The largest absolute Gasteiger partial charge is 0.481 e. The van der Waals surface area contributed by atoms with E-state index in [1.54, 1.807) is 7.11 Å². The summed E-state index contributed by atoms with van der Waals surface area (Å²) in [6.45, 7) is 12.3. The van der Waals surface area contributed by atoms with Gasteiger partial charge in [-0.15, -0.1) is 0 Å². The van der Waals surface area contributed by atoms with Crippen LogP contribution in [-0.2, 0) is 0 Å². The molecule has 0 amide bonds. The van der Waals surface area contributed by atoms with Crippen LogP contribution in [0.2, 0.25) is 0 Å². The molecule has 30 heavy (non-hydrogen) atoms. The molecule has 0 aromatic carbocycles. The maximum atomic E-state index is 5.06. The Morgan fingerprint density at radius 3 is 1.87 bits per heavy atom. The van der Waals surface area contributed by atoms with Gasteiger partial charge in [-0.25, -0.2) is 4.98 Å². The molecule has 0 aliphatic carbocycles. The van der Waals surface area contributed by atoms with Gasteiger partial charge in [0.1, 0.15) is 11.6 Å². The number of pyridine rings is 2. The second-order valence-corrected chi connectivity index (χ2v) is 6.86. The Labute approximate surface area is 180 Å². The van der Waals surface area contributed by atoms with E-state index in [2.05, 4.69) is 56.0 Å². The molecule has 4 heterocycles. The fourth-order valence-electron chi connectivity index (χ4n) is 2.70. The van der Waals surface area contributed by atoms with Gasteiger partial charge in [0, 0.05) is 37.1 Å². The van der Waals surface area contributed by atoms with Gasteiger partial charge in [-0.3, -0.25) is 0 Å². The molecule has 0 radical (unpaired) electrons. The number of rotatable bonds is 3. The van der Waals surface area contributed by atoms with Crippen LogP contribution < -0.4 is 4.74 Å². The van der Waals surface area contributed by atoms with Crippen molar-refractivity contribution in [3.8, 4) is 17.5 Å². The summed E-state index contributed by atoms with van der Waals surface area (Å²) in [4.78, 5) is 8.70. The summed E-state index contributed by atoms with van der Waals surface area (Å²) >= 11 is 0. The summed E-state index contributed by atoms with van der Waals surface area (Å²) in [5.74, 6) is 2.49. The number of aryl methyl sites for hydroxylation is 4. The third-order valence-electron chi connectivity index (χ3n) is 4.49. The quantitative estimate of drug-likeness (QED) is 0.420. The highest BCUT2D eigenvalue weighted by atomic mass is 16.5. The van der Waals surface area contributed by atoms with E-state index < -0.39 is 0 Å². The Bertz CT molecular complexity index is 1060. The van der Waals surface area contributed by atoms with Crippen molar-refractivity contribution in [3.05, 3.63) is 89.6 Å². The normalized spacial score (nSPS) is 9.83. The first-order valence-electron chi connectivity index (χ1n) is 10.2. The number of nitrogens with zero attached hydrogens (tertiary/aromatic N) is 4. The first kappa shape index (κ1) is 22.9. The minimum atomic E-state index is 0.633. The van der Waals surface area contributed by atoms with E-state index in [9.17, 15) is 0 Å². The van der Waals surface area contributed by atoms with Crippen molar-refractivity contribution in [1.29, 1.82) is 0 Å². The molecule has 0 N–H and O–H groups in total. The summed E-state index contributed by atoms with van der Waals surface area (Å²) < 4.78 is 9.07. The molecule has 158 valence electrons. The Kier molecular flexibility index (Phi) is 8.41. The number of methoxy groups -OCH3 is 1. The van der Waals surface area contributed by atoms with Gasteiger partial charge in [-0.05, 0) is 74.2 Å². The molecular weight excluding hydrogens is 372 g/mol. The van der Waals surface area contributed by atoms with Gasteiger partial charge < -0.3 is 13.9 Å². The SMILES string of the molecule is CC.COc1cccc(-n2ccc(C)c2)n1.Cc1ccn(-c2cc(C)c(C)cn2)c1. The summed E-state index contributed by atoms with van der Waals surface area (Å²) in [6, 6.07) is 11.9. The average molecular weight is 405 g/mol. The third-order valence-corrected chi connectivity index (χ3v) is 4.49. The number of ether oxygens (including phenoxy) is 1. The molecule has 0 spiro atoms. The zero-order valence-corrected chi connectivity index (χ0v) is 19.0. The standard InChI is InChI=1S/C12H14N2.C11H12N2O.C2H6/c1-9-4-5-14(8-9)12-6-10(2)11(3)7-13-12;1-9-6-7-13(8-9)10-4-3-5-11(12-10)14-2;1-2/h4-8H,1-3H3;3-8H,1-2H3;1-2H3. The fraction of sp³-hybridized carbons (Fsp3) is 0.280. The Balaban J connectivity index is 0.000000197. The van der Waals surface area contributed by atoms with Gasteiger partial charge in [0.2, 0.25) is 5.88 Å². The Morgan fingerprint density at radius 1 is 0.767 bits per heavy atom. The van der Waals surface area contributed by atoms with E-state index in [-0.39, 0.29) is 0 Å². The molecular formula is C25H32N4O. The molecule has 0 aliphatic rings. The molecule has 5 nitrogen and oxygen atoms in total. The van der Waals surface area contributed by atoms with Crippen molar-refractivity contribution in [1.82, 2.24) is 19.1 Å². The van der Waals surface area contributed by atoms with Crippen LogP contribution in [0.4, 0.5) is 0 Å². The summed E-state index contributed by atoms with van der Waals surface area (Å²) in [6.07, 6.45) is 10.0. The molecule has 0 saturated carbocycles. The van der Waals surface area contributed by atoms with E-state index in [0.717, 1.165) is 11.6 Å². The fourth-order valence-corrected chi connectivity index (χ4v) is 2.70. The van der Waals surface area contributed by atoms with Crippen LogP contribution >= 0.6 is 0 Å². The van der Waals surface area contributed by atoms with Gasteiger partial charge in [0.25, 0.3) is 0 Å². The minimum Gasteiger partial charge on any atom is -0.481 e. The molecule has 0 unspecified atom stereocenters. The van der Waals surface area contributed by atoms with E-state index in [1.165, 1.54) is 22.3 Å². The summed E-state index contributed by atoms with van der Waals surface area (Å²) in [5.41, 5.74) is 4.98. The van der Waals surface area contributed by atoms with Crippen LogP contribution in [0.3, 0.4) is 0 Å². The van der Waals surface area contributed by atoms with Crippen LogP contribution in [-0.4, -0.2) is 26.2 Å². The summed E-state index contributed by atoms with van der Waals surface area (Å²) in [7, 11) is 1.62. The van der Waals surface area contributed by atoms with E-state index >= 15 is 0 Å². The lowest BCUT2D eigenvalue weighted by Crippen LogP contribution is -1.95. The van der Waals surface area contributed by atoms with Crippen LogP contribution in [0, 0.1) is 27.7 Å². The number of hydrogen-bond acceptors (Lipinski definition) is 3. The minimum absolute atomic E-state index is 0.633. The van der Waals surface area contributed by atoms with Gasteiger partial charge in [-0.1, -0.05) is 19.9 Å². The maximum Gasteiger partial charge on any atom is 0.214 e.